The van der Waals surface area contributed by atoms with Crippen LogP contribution >= 0.6 is 11.6 Å². The summed E-state index contributed by atoms with van der Waals surface area (Å²) in [6, 6.07) is 16.9. The van der Waals surface area contributed by atoms with Gasteiger partial charge in [0.1, 0.15) is 6.54 Å². The van der Waals surface area contributed by atoms with Gasteiger partial charge < -0.3 is 20.0 Å². The van der Waals surface area contributed by atoms with Crippen LogP contribution in [-0.4, -0.2) is 71.8 Å². The molecule has 0 bridgehead atoms. The van der Waals surface area contributed by atoms with E-state index in [0.717, 1.165) is 32.4 Å². The summed E-state index contributed by atoms with van der Waals surface area (Å²) in [5.41, 5.74) is 1.95. The Morgan fingerprint density at radius 2 is 1.61 bits per heavy atom. The second-order valence-corrected chi connectivity index (χ2v) is 9.12. The molecule has 0 aliphatic carbocycles. The maximum atomic E-state index is 12.8. The zero-order valence-corrected chi connectivity index (χ0v) is 19.3. The van der Waals surface area contributed by atoms with Crippen molar-refractivity contribution >= 4 is 35.1 Å². The fraction of sp³-hybridized carbons (Fsp3) is 0.400. The predicted molar refractivity (Wildman–Crippen MR) is 128 cm³/mol. The Morgan fingerprint density at radius 3 is 2.27 bits per heavy atom. The maximum Gasteiger partial charge on any atom is 0.322 e. The number of hydrogen-bond acceptors (Lipinski definition) is 3. The van der Waals surface area contributed by atoms with Gasteiger partial charge in [-0.3, -0.25) is 9.59 Å². The number of nitrogens with one attached hydrogen (secondary N) is 1. The van der Waals surface area contributed by atoms with Crippen molar-refractivity contribution in [1.29, 1.82) is 0 Å². The van der Waals surface area contributed by atoms with Crippen molar-refractivity contribution in [3.05, 3.63) is 65.2 Å². The van der Waals surface area contributed by atoms with E-state index in [1.165, 1.54) is 10.5 Å². The Morgan fingerprint density at radius 1 is 0.909 bits per heavy atom. The van der Waals surface area contributed by atoms with Crippen LogP contribution in [0.25, 0.3) is 0 Å². The Kier molecular flexibility index (Phi) is 7.50. The normalized spacial score (nSPS) is 17.2. The summed E-state index contributed by atoms with van der Waals surface area (Å²) in [5.74, 6) is 0.362. The van der Waals surface area contributed by atoms with Gasteiger partial charge in [-0.2, -0.15) is 0 Å². The molecule has 33 heavy (non-hydrogen) atoms. The number of piperidine rings is 1. The van der Waals surface area contributed by atoms with Crippen LogP contribution in [0, 0.1) is 5.92 Å². The first-order chi connectivity index (χ1) is 16.0. The average molecular weight is 469 g/mol. The van der Waals surface area contributed by atoms with Crippen molar-refractivity contribution < 1.29 is 14.4 Å². The number of urea groups is 1. The fourth-order valence-electron chi connectivity index (χ4n) is 4.38. The average Bonchev–Trinajstić information content (AvgIpc) is 2.83. The maximum absolute atomic E-state index is 12.8. The molecule has 1 N–H and O–H groups in total. The van der Waals surface area contributed by atoms with Crippen molar-refractivity contribution in [3.8, 4) is 0 Å². The van der Waals surface area contributed by atoms with E-state index in [9.17, 15) is 14.4 Å². The summed E-state index contributed by atoms with van der Waals surface area (Å²) in [5, 5.41) is 3.36. The third-order valence-corrected chi connectivity index (χ3v) is 6.61. The first kappa shape index (κ1) is 23.1. The van der Waals surface area contributed by atoms with Gasteiger partial charge in [-0.25, -0.2) is 4.79 Å². The molecule has 2 fully saturated rings. The standard InChI is InChI=1S/C25H29ClN4O3/c26-21-6-8-22(9-7-21)27-25(33)30-15-14-29(24(32)18-30)17-23(31)28-12-10-20(11-13-28)16-19-4-2-1-3-5-19/h1-9,20H,10-18H2,(H,27,33). The Balaban J connectivity index is 1.21. The summed E-state index contributed by atoms with van der Waals surface area (Å²) in [7, 11) is 0. The highest BCUT2D eigenvalue weighted by Gasteiger charge is 2.30. The van der Waals surface area contributed by atoms with Crippen LogP contribution in [-0.2, 0) is 16.0 Å². The monoisotopic (exact) mass is 468 g/mol. The minimum absolute atomic E-state index is 0.0134. The molecule has 0 aromatic heterocycles. The van der Waals surface area contributed by atoms with E-state index in [1.54, 1.807) is 29.2 Å². The van der Waals surface area contributed by atoms with Crippen LogP contribution in [0.3, 0.4) is 0 Å². The van der Waals surface area contributed by atoms with Gasteiger partial charge in [0.05, 0.1) is 6.54 Å². The number of rotatable bonds is 5. The molecule has 2 heterocycles. The number of benzene rings is 2. The van der Waals surface area contributed by atoms with E-state index in [0.29, 0.717) is 29.7 Å². The highest BCUT2D eigenvalue weighted by molar-refractivity contribution is 6.30. The Hall–Kier alpha value is -3.06. The lowest BCUT2D eigenvalue weighted by molar-refractivity contribution is -0.143. The topological polar surface area (TPSA) is 73.0 Å². The molecule has 8 heteroatoms. The van der Waals surface area contributed by atoms with Crippen molar-refractivity contribution in [2.24, 2.45) is 5.92 Å². The third kappa shape index (κ3) is 6.26. The molecule has 0 saturated carbocycles. The van der Waals surface area contributed by atoms with Crippen LogP contribution in [0.1, 0.15) is 18.4 Å². The number of anilines is 1. The van der Waals surface area contributed by atoms with Gasteiger partial charge in [0.25, 0.3) is 0 Å². The summed E-state index contributed by atoms with van der Waals surface area (Å²) < 4.78 is 0. The first-order valence-corrected chi connectivity index (χ1v) is 11.8. The van der Waals surface area contributed by atoms with Crippen molar-refractivity contribution in [3.63, 3.8) is 0 Å². The molecule has 2 aliphatic heterocycles. The highest BCUT2D eigenvalue weighted by atomic mass is 35.5. The molecule has 4 amide bonds. The quantitative estimate of drug-likeness (QED) is 0.730. The highest BCUT2D eigenvalue weighted by Crippen LogP contribution is 2.22. The van der Waals surface area contributed by atoms with Crippen LogP contribution < -0.4 is 5.32 Å². The van der Waals surface area contributed by atoms with E-state index in [-0.39, 0.29) is 30.9 Å². The minimum atomic E-state index is -0.336. The Labute approximate surface area is 199 Å². The number of nitrogens with zero attached hydrogens (tertiary/aromatic N) is 3. The number of hydrogen-bond donors (Lipinski definition) is 1. The molecule has 4 rings (SSSR count). The second kappa shape index (κ2) is 10.7. The summed E-state index contributed by atoms with van der Waals surface area (Å²) in [6.45, 7) is 2.24. The van der Waals surface area contributed by atoms with Gasteiger partial charge in [-0.1, -0.05) is 41.9 Å². The van der Waals surface area contributed by atoms with Crippen LogP contribution in [0.2, 0.25) is 5.02 Å². The number of carbonyl (C=O) groups is 3. The number of carbonyl (C=O) groups excluding carboxylic acids is 3. The van der Waals surface area contributed by atoms with Crippen LogP contribution in [0.4, 0.5) is 10.5 Å². The second-order valence-electron chi connectivity index (χ2n) is 8.69. The summed E-state index contributed by atoms with van der Waals surface area (Å²) in [4.78, 5) is 42.8. The van der Waals surface area contributed by atoms with Crippen molar-refractivity contribution in [2.75, 3.05) is 44.6 Å². The predicted octanol–water partition coefficient (Wildman–Crippen LogP) is 3.50. The van der Waals surface area contributed by atoms with Gasteiger partial charge in [0, 0.05) is 36.9 Å². The van der Waals surface area contributed by atoms with E-state index >= 15 is 0 Å². The SMILES string of the molecule is O=C(CN1CCN(C(=O)Nc2ccc(Cl)cc2)CC1=O)N1CCC(Cc2ccccc2)CC1. The van der Waals surface area contributed by atoms with E-state index < -0.39 is 0 Å². The van der Waals surface area contributed by atoms with E-state index in [4.69, 9.17) is 11.6 Å². The van der Waals surface area contributed by atoms with Crippen molar-refractivity contribution in [2.45, 2.75) is 19.3 Å². The molecule has 0 atom stereocenters. The lowest BCUT2D eigenvalue weighted by Crippen LogP contribution is -2.55. The molecule has 0 unspecified atom stereocenters. The molecule has 2 saturated heterocycles. The largest absolute Gasteiger partial charge is 0.341 e. The van der Waals surface area contributed by atoms with Gasteiger partial charge >= 0.3 is 6.03 Å². The number of halogens is 1. The molecular formula is C25H29ClN4O3. The van der Waals surface area contributed by atoms with E-state index in [2.05, 4.69) is 29.6 Å². The van der Waals surface area contributed by atoms with Gasteiger partial charge in [0.15, 0.2) is 0 Å². The van der Waals surface area contributed by atoms with Crippen LogP contribution in [0.5, 0.6) is 0 Å². The number of amides is 4. The van der Waals surface area contributed by atoms with Crippen LogP contribution in [0.15, 0.2) is 54.6 Å². The number of likely N-dealkylation sites (tertiary alicyclic amines) is 1. The minimum Gasteiger partial charge on any atom is -0.341 e. The molecule has 2 aromatic carbocycles. The van der Waals surface area contributed by atoms with E-state index in [1.807, 2.05) is 11.0 Å². The molecule has 7 nitrogen and oxygen atoms in total. The number of piperazine rings is 1. The lowest BCUT2D eigenvalue weighted by atomic mass is 9.90. The lowest BCUT2D eigenvalue weighted by Gasteiger charge is -2.36. The molecular weight excluding hydrogens is 440 g/mol. The Bertz CT molecular complexity index is 975. The first-order valence-electron chi connectivity index (χ1n) is 11.4. The molecule has 174 valence electrons. The fourth-order valence-corrected chi connectivity index (χ4v) is 4.51. The zero-order chi connectivity index (χ0) is 23.2. The smallest absolute Gasteiger partial charge is 0.322 e. The van der Waals surface area contributed by atoms with Gasteiger partial charge in [0.2, 0.25) is 11.8 Å². The molecule has 0 spiro atoms. The van der Waals surface area contributed by atoms with Gasteiger partial charge in [-0.15, -0.1) is 0 Å². The molecule has 2 aliphatic rings. The summed E-state index contributed by atoms with van der Waals surface area (Å²) in [6.07, 6.45) is 3.00. The van der Waals surface area contributed by atoms with Crippen molar-refractivity contribution in [1.82, 2.24) is 14.7 Å². The third-order valence-electron chi connectivity index (χ3n) is 6.36. The van der Waals surface area contributed by atoms with Gasteiger partial charge in [-0.05, 0) is 55.0 Å². The zero-order valence-electron chi connectivity index (χ0n) is 18.6. The molecule has 2 aromatic rings. The molecule has 0 radical (unpaired) electrons. The summed E-state index contributed by atoms with van der Waals surface area (Å²) >= 11 is 5.87.